The van der Waals surface area contributed by atoms with Gasteiger partial charge < -0.3 is 15.0 Å². The normalized spacial score (nSPS) is 24.2. The molecular weight excluding hydrogens is 359 g/mol. The van der Waals surface area contributed by atoms with Gasteiger partial charge in [0.1, 0.15) is 11.9 Å². The Labute approximate surface area is 152 Å². The van der Waals surface area contributed by atoms with E-state index in [4.69, 9.17) is 27.9 Å². The molecule has 23 heavy (non-hydrogen) atoms. The molecule has 0 saturated carbocycles. The summed E-state index contributed by atoms with van der Waals surface area (Å²) < 4.78 is 5.92. The fraction of sp³-hybridized carbons (Fsp3) is 0.562. The Balaban J connectivity index is 0.00000192. The quantitative estimate of drug-likeness (QED) is 0.873. The van der Waals surface area contributed by atoms with Gasteiger partial charge in [-0.25, -0.2) is 0 Å². The van der Waals surface area contributed by atoms with E-state index in [2.05, 4.69) is 5.32 Å². The maximum absolute atomic E-state index is 12.5. The second-order valence-corrected chi connectivity index (χ2v) is 6.71. The number of carbonyl (C=O) groups excluding carboxylic acids is 1. The topological polar surface area (TPSA) is 41.6 Å². The van der Waals surface area contributed by atoms with E-state index in [-0.39, 0.29) is 30.5 Å². The summed E-state index contributed by atoms with van der Waals surface area (Å²) in [7, 11) is 0. The molecule has 2 fully saturated rings. The van der Waals surface area contributed by atoms with Crippen molar-refractivity contribution in [1.29, 1.82) is 0 Å². The lowest BCUT2D eigenvalue weighted by atomic mass is 10.0. The van der Waals surface area contributed by atoms with Crippen LogP contribution in [0.3, 0.4) is 0 Å². The van der Waals surface area contributed by atoms with Crippen molar-refractivity contribution in [2.75, 3.05) is 19.6 Å². The first-order chi connectivity index (χ1) is 10.6. The van der Waals surface area contributed by atoms with Crippen LogP contribution in [0.2, 0.25) is 10.0 Å². The second-order valence-electron chi connectivity index (χ2n) is 5.89. The van der Waals surface area contributed by atoms with Crippen LogP contribution in [0.1, 0.15) is 25.7 Å². The molecule has 2 unspecified atom stereocenters. The van der Waals surface area contributed by atoms with Crippen LogP contribution in [0, 0.1) is 0 Å². The summed E-state index contributed by atoms with van der Waals surface area (Å²) in [6.45, 7) is 2.33. The fourth-order valence-electron chi connectivity index (χ4n) is 3.05. The van der Waals surface area contributed by atoms with Crippen molar-refractivity contribution in [3.05, 3.63) is 28.2 Å². The van der Waals surface area contributed by atoms with Crippen molar-refractivity contribution in [2.45, 2.75) is 37.8 Å². The minimum atomic E-state index is -0.0162. The van der Waals surface area contributed by atoms with Gasteiger partial charge in [-0.2, -0.15) is 0 Å². The lowest BCUT2D eigenvalue weighted by molar-refractivity contribution is -0.133. The Morgan fingerprint density at radius 2 is 2.04 bits per heavy atom. The average molecular weight is 380 g/mol. The van der Waals surface area contributed by atoms with Gasteiger partial charge in [0, 0.05) is 19.0 Å². The van der Waals surface area contributed by atoms with Gasteiger partial charge in [-0.3, -0.25) is 4.79 Å². The Hall–Kier alpha value is -0.680. The zero-order valence-corrected chi connectivity index (χ0v) is 15.1. The van der Waals surface area contributed by atoms with Crippen LogP contribution in [0.25, 0.3) is 0 Å². The van der Waals surface area contributed by atoms with Crippen LogP contribution in [-0.2, 0) is 4.79 Å². The highest BCUT2D eigenvalue weighted by molar-refractivity contribution is 6.42. The third-order valence-electron chi connectivity index (χ3n) is 4.26. The van der Waals surface area contributed by atoms with Crippen LogP contribution < -0.4 is 10.1 Å². The molecule has 4 nitrogen and oxygen atoms in total. The Morgan fingerprint density at radius 3 is 2.74 bits per heavy atom. The van der Waals surface area contributed by atoms with Gasteiger partial charge in [0.05, 0.1) is 22.6 Å². The van der Waals surface area contributed by atoms with E-state index in [0.717, 1.165) is 38.8 Å². The number of nitrogens with zero attached hydrogens (tertiary/aromatic N) is 1. The van der Waals surface area contributed by atoms with Gasteiger partial charge in [-0.1, -0.05) is 29.6 Å². The SMILES string of the molecule is Cl.O=C(C1CCCCN1)N1CCC(Oc2ccc(Cl)c(Cl)c2)C1. The zero-order chi connectivity index (χ0) is 15.5. The molecular formula is C16H21Cl3N2O2. The van der Waals surface area contributed by atoms with E-state index < -0.39 is 0 Å². The Kier molecular flexibility index (Phi) is 6.84. The minimum absolute atomic E-state index is 0. The monoisotopic (exact) mass is 378 g/mol. The Bertz CT molecular complexity index is 550. The number of hydrogen-bond acceptors (Lipinski definition) is 3. The van der Waals surface area contributed by atoms with Crippen molar-refractivity contribution in [3.63, 3.8) is 0 Å². The van der Waals surface area contributed by atoms with Crippen molar-refractivity contribution in [3.8, 4) is 5.75 Å². The van der Waals surface area contributed by atoms with Gasteiger partial charge in [-0.05, 0) is 31.5 Å². The molecule has 1 aromatic carbocycles. The standard InChI is InChI=1S/C16H20Cl2N2O2.ClH/c17-13-5-4-11(9-14(13)18)22-12-6-8-20(10-12)16(21)15-3-1-2-7-19-15;/h4-5,9,12,15,19H,1-3,6-8,10H2;1H. The van der Waals surface area contributed by atoms with E-state index in [0.29, 0.717) is 22.3 Å². The zero-order valence-electron chi connectivity index (χ0n) is 12.8. The molecule has 3 rings (SSSR count). The summed E-state index contributed by atoms with van der Waals surface area (Å²) in [5.41, 5.74) is 0. The Morgan fingerprint density at radius 1 is 1.22 bits per heavy atom. The summed E-state index contributed by atoms with van der Waals surface area (Å²) in [6.07, 6.45) is 4.09. The van der Waals surface area contributed by atoms with E-state index in [9.17, 15) is 4.79 Å². The van der Waals surface area contributed by atoms with Gasteiger partial charge >= 0.3 is 0 Å². The van der Waals surface area contributed by atoms with Gasteiger partial charge in [-0.15, -0.1) is 12.4 Å². The number of likely N-dealkylation sites (tertiary alicyclic amines) is 1. The molecule has 0 bridgehead atoms. The van der Waals surface area contributed by atoms with Crippen LogP contribution in [0.4, 0.5) is 0 Å². The molecule has 1 N–H and O–H groups in total. The molecule has 1 aromatic rings. The number of ether oxygens (including phenoxy) is 1. The summed E-state index contributed by atoms with van der Waals surface area (Å²) in [6, 6.07) is 5.24. The molecule has 0 radical (unpaired) electrons. The van der Waals surface area contributed by atoms with Crippen molar-refractivity contribution in [2.24, 2.45) is 0 Å². The maximum atomic E-state index is 12.5. The molecule has 7 heteroatoms. The number of amides is 1. The van der Waals surface area contributed by atoms with Crippen molar-refractivity contribution in [1.82, 2.24) is 10.2 Å². The van der Waals surface area contributed by atoms with E-state index in [1.165, 1.54) is 0 Å². The van der Waals surface area contributed by atoms with Crippen molar-refractivity contribution >= 4 is 41.5 Å². The third kappa shape index (κ3) is 4.66. The number of piperidine rings is 1. The first-order valence-electron chi connectivity index (χ1n) is 7.77. The number of hydrogen-bond donors (Lipinski definition) is 1. The summed E-state index contributed by atoms with van der Waals surface area (Å²) in [5, 5.41) is 4.31. The molecule has 2 aliphatic rings. The smallest absolute Gasteiger partial charge is 0.239 e. The van der Waals surface area contributed by atoms with Crippen LogP contribution in [-0.4, -0.2) is 42.6 Å². The van der Waals surface area contributed by atoms with E-state index in [1.54, 1.807) is 18.2 Å². The highest BCUT2D eigenvalue weighted by Crippen LogP contribution is 2.28. The maximum Gasteiger partial charge on any atom is 0.239 e. The van der Waals surface area contributed by atoms with Crippen molar-refractivity contribution < 1.29 is 9.53 Å². The van der Waals surface area contributed by atoms with Gasteiger partial charge in [0.15, 0.2) is 0 Å². The number of rotatable bonds is 3. The first-order valence-corrected chi connectivity index (χ1v) is 8.53. The molecule has 2 heterocycles. The highest BCUT2D eigenvalue weighted by Gasteiger charge is 2.32. The third-order valence-corrected chi connectivity index (χ3v) is 5.00. The fourth-order valence-corrected chi connectivity index (χ4v) is 3.34. The lowest BCUT2D eigenvalue weighted by Gasteiger charge is -2.27. The predicted octanol–water partition coefficient (Wildman–Crippen LogP) is 3.54. The number of benzene rings is 1. The highest BCUT2D eigenvalue weighted by atomic mass is 35.5. The first kappa shape index (κ1) is 18.7. The van der Waals surface area contributed by atoms with E-state index in [1.807, 2.05) is 4.90 Å². The molecule has 2 aliphatic heterocycles. The van der Waals surface area contributed by atoms with E-state index >= 15 is 0 Å². The van der Waals surface area contributed by atoms with Crippen LogP contribution in [0.5, 0.6) is 5.75 Å². The summed E-state index contributed by atoms with van der Waals surface area (Å²) in [4.78, 5) is 14.4. The van der Waals surface area contributed by atoms with Gasteiger partial charge in [0.2, 0.25) is 5.91 Å². The molecule has 2 atom stereocenters. The summed E-state index contributed by atoms with van der Waals surface area (Å²) in [5.74, 6) is 0.907. The molecule has 128 valence electrons. The van der Waals surface area contributed by atoms with Crippen LogP contribution in [0.15, 0.2) is 18.2 Å². The average Bonchev–Trinajstić information content (AvgIpc) is 2.99. The number of carbonyl (C=O) groups is 1. The van der Waals surface area contributed by atoms with Gasteiger partial charge in [0.25, 0.3) is 0 Å². The minimum Gasteiger partial charge on any atom is -0.488 e. The predicted molar refractivity (Wildman–Crippen MR) is 95.0 cm³/mol. The largest absolute Gasteiger partial charge is 0.488 e. The molecule has 0 aromatic heterocycles. The molecule has 2 saturated heterocycles. The molecule has 0 spiro atoms. The lowest BCUT2D eigenvalue weighted by Crippen LogP contribution is -2.48. The second kappa shape index (κ2) is 8.43. The van der Waals surface area contributed by atoms with Crippen LogP contribution >= 0.6 is 35.6 Å². The molecule has 0 aliphatic carbocycles. The number of halogens is 3. The molecule has 1 amide bonds. The number of nitrogens with one attached hydrogen (secondary N) is 1. The summed E-state index contributed by atoms with van der Waals surface area (Å²) >= 11 is 11.9.